The molecule has 0 saturated heterocycles. The van der Waals surface area contributed by atoms with Crippen LogP contribution < -0.4 is 0 Å². The number of quaternary nitrogens is 1. The van der Waals surface area contributed by atoms with E-state index in [2.05, 4.69) is 27.7 Å². The minimum absolute atomic E-state index is 0.0521. The van der Waals surface area contributed by atoms with Gasteiger partial charge in [0.1, 0.15) is 0 Å². The Morgan fingerprint density at radius 3 is 0.730 bits per heavy atom. The second-order valence-corrected chi connectivity index (χ2v) is 12.7. The molecule has 0 aliphatic heterocycles. The molecule has 0 spiro atoms. The van der Waals surface area contributed by atoms with Gasteiger partial charge in [0.25, 0.3) is 0 Å². The van der Waals surface area contributed by atoms with Crippen LogP contribution in [0.1, 0.15) is 207 Å². The number of rotatable bonds is 31. The van der Waals surface area contributed by atoms with Crippen LogP contribution in [0.3, 0.4) is 0 Å². The van der Waals surface area contributed by atoms with E-state index in [1.807, 2.05) is 0 Å². The molecular weight excluding hydrogens is 450 g/mol. The van der Waals surface area contributed by atoms with Crippen LogP contribution in [0, 0.1) is 5.21 Å². The van der Waals surface area contributed by atoms with Gasteiger partial charge in [0, 0.05) is 0 Å². The monoisotopic (exact) mass is 524 g/mol. The zero-order valence-electron chi connectivity index (χ0n) is 26.6. The molecule has 0 aromatic carbocycles. The molecule has 0 atom stereocenters. The van der Waals surface area contributed by atoms with Crippen molar-refractivity contribution in [2.24, 2.45) is 0 Å². The number of unbranched alkanes of at least 4 members (excludes halogenated alkanes) is 26. The van der Waals surface area contributed by atoms with E-state index < -0.39 is 0 Å². The van der Waals surface area contributed by atoms with E-state index in [1.54, 1.807) is 0 Å². The number of hydroxylamine groups is 3. The average molecular weight is 524 g/mol. The van der Waals surface area contributed by atoms with Crippen LogP contribution in [0.15, 0.2) is 0 Å². The molecule has 0 amide bonds. The minimum atomic E-state index is 0.0521. The van der Waals surface area contributed by atoms with E-state index in [1.165, 1.54) is 167 Å². The Morgan fingerprint density at radius 1 is 0.351 bits per heavy atom. The van der Waals surface area contributed by atoms with E-state index in [0.29, 0.717) is 0 Å². The van der Waals surface area contributed by atoms with E-state index in [4.69, 9.17) is 0 Å². The summed E-state index contributed by atoms with van der Waals surface area (Å²) in [5.74, 6) is 0. The summed E-state index contributed by atoms with van der Waals surface area (Å²) in [6.45, 7) is 10.5. The molecule has 0 rings (SSSR count). The maximum Gasteiger partial charge on any atom is 0.0830 e. The lowest BCUT2D eigenvalue weighted by Gasteiger charge is -2.47. The molecule has 0 aliphatic carbocycles. The van der Waals surface area contributed by atoms with Crippen molar-refractivity contribution in [1.82, 2.24) is 0 Å². The van der Waals surface area contributed by atoms with Crippen LogP contribution in [0.25, 0.3) is 0 Å². The van der Waals surface area contributed by atoms with Gasteiger partial charge in [-0.25, -0.2) is 0 Å². The molecule has 2 heteroatoms. The molecule has 0 fully saturated rings. The summed E-state index contributed by atoms with van der Waals surface area (Å²) in [7, 11) is 0. The standard InChI is InChI=1S/C35H73NO/c1-5-7-9-11-13-15-17-19-21-23-25-27-29-31-33-36(37,35(3)4)34-32-30-28-26-24-22-20-18-16-14-12-10-8-6-2/h35H,5-34H2,1-4H3. The number of nitrogens with zero attached hydrogens (tertiary/aromatic N) is 1. The maximum absolute atomic E-state index is 13.4. The van der Waals surface area contributed by atoms with Crippen LogP contribution in [0.5, 0.6) is 0 Å². The fraction of sp³-hybridized carbons (Fsp3) is 1.00. The first kappa shape index (κ1) is 36.9. The fourth-order valence-electron chi connectivity index (χ4n) is 5.78. The second-order valence-electron chi connectivity index (χ2n) is 12.7. The Balaban J connectivity index is 3.54. The SMILES string of the molecule is CCCCCCCCCCCCCCCC[N+]([O-])(CCCCCCCCCCCCCCCC)C(C)C. The summed E-state index contributed by atoms with van der Waals surface area (Å²) >= 11 is 0. The van der Waals surface area contributed by atoms with Gasteiger partial charge in [-0.05, 0) is 39.5 Å². The van der Waals surface area contributed by atoms with E-state index in [-0.39, 0.29) is 10.7 Å². The predicted octanol–water partition coefficient (Wildman–Crippen LogP) is 12.7. The zero-order chi connectivity index (χ0) is 27.3. The van der Waals surface area contributed by atoms with Crippen LogP contribution in [-0.4, -0.2) is 23.8 Å². The zero-order valence-corrected chi connectivity index (χ0v) is 26.6. The Bertz CT molecular complexity index is 389. The Hall–Kier alpha value is -0.0800. The number of hydrogen-bond acceptors (Lipinski definition) is 1. The first-order chi connectivity index (χ1) is 18.1. The Morgan fingerprint density at radius 2 is 0.541 bits per heavy atom. The largest absolute Gasteiger partial charge is 0.633 e. The topological polar surface area (TPSA) is 23.1 Å². The van der Waals surface area contributed by atoms with Gasteiger partial charge in [-0.3, -0.25) is 0 Å². The van der Waals surface area contributed by atoms with E-state index in [0.717, 1.165) is 25.9 Å². The highest BCUT2D eigenvalue weighted by Crippen LogP contribution is 2.19. The van der Waals surface area contributed by atoms with E-state index >= 15 is 0 Å². The quantitative estimate of drug-likeness (QED) is 0.0503. The van der Waals surface area contributed by atoms with Crippen LogP contribution in [0.2, 0.25) is 0 Å². The van der Waals surface area contributed by atoms with Gasteiger partial charge in [0.15, 0.2) is 0 Å². The molecule has 2 nitrogen and oxygen atoms in total. The lowest BCUT2D eigenvalue weighted by molar-refractivity contribution is -0.902. The van der Waals surface area contributed by atoms with Gasteiger partial charge in [-0.1, -0.05) is 168 Å². The lowest BCUT2D eigenvalue weighted by atomic mass is 10.0. The molecule has 0 radical (unpaired) electrons. The molecule has 0 unspecified atom stereocenters. The van der Waals surface area contributed by atoms with Gasteiger partial charge in [-0.2, -0.15) is 0 Å². The van der Waals surface area contributed by atoms with Gasteiger partial charge in [-0.15, -0.1) is 0 Å². The van der Waals surface area contributed by atoms with Gasteiger partial charge < -0.3 is 9.85 Å². The second kappa shape index (κ2) is 28.9. The van der Waals surface area contributed by atoms with Crippen LogP contribution >= 0.6 is 0 Å². The molecule has 224 valence electrons. The van der Waals surface area contributed by atoms with Gasteiger partial charge in [0.05, 0.1) is 19.1 Å². The predicted molar refractivity (Wildman–Crippen MR) is 169 cm³/mol. The summed E-state index contributed by atoms with van der Waals surface area (Å²) in [6, 6.07) is 0.212. The van der Waals surface area contributed by atoms with Crippen molar-refractivity contribution in [2.75, 3.05) is 13.1 Å². The van der Waals surface area contributed by atoms with Crippen LogP contribution in [0.4, 0.5) is 0 Å². The van der Waals surface area contributed by atoms with Crippen molar-refractivity contribution >= 4 is 0 Å². The summed E-state index contributed by atoms with van der Waals surface area (Å²) in [6.07, 6.45) is 38.6. The smallest absolute Gasteiger partial charge is 0.0830 e. The molecule has 0 heterocycles. The minimum Gasteiger partial charge on any atom is -0.633 e. The summed E-state index contributed by atoms with van der Waals surface area (Å²) < 4.78 is 0.0521. The average Bonchev–Trinajstić information content (AvgIpc) is 2.89. The van der Waals surface area contributed by atoms with Crippen LogP contribution in [-0.2, 0) is 0 Å². The molecule has 0 saturated carbocycles. The van der Waals surface area contributed by atoms with Crippen molar-refractivity contribution in [3.8, 4) is 0 Å². The summed E-state index contributed by atoms with van der Waals surface area (Å²) in [4.78, 5) is 0. The highest BCUT2D eigenvalue weighted by molar-refractivity contribution is 4.55. The maximum atomic E-state index is 13.4. The molecule has 0 bridgehead atoms. The van der Waals surface area contributed by atoms with E-state index in [9.17, 15) is 5.21 Å². The molecular formula is C35H73NO. The summed E-state index contributed by atoms with van der Waals surface area (Å²) in [5, 5.41) is 13.4. The number of hydrogen-bond donors (Lipinski definition) is 0. The highest BCUT2D eigenvalue weighted by atomic mass is 16.5. The molecule has 0 aromatic heterocycles. The molecule has 0 N–H and O–H groups in total. The van der Waals surface area contributed by atoms with Gasteiger partial charge in [0.2, 0.25) is 0 Å². The first-order valence-electron chi connectivity index (χ1n) is 17.6. The van der Waals surface area contributed by atoms with Crippen molar-refractivity contribution in [2.45, 2.75) is 214 Å². The lowest BCUT2D eigenvalue weighted by Crippen LogP contribution is -2.49. The molecule has 0 aliphatic rings. The molecule has 0 aromatic rings. The molecule has 37 heavy (non-hydrogen) atoms. The third-order valence-corrected chi connectivity index (χ3v) is 8.72. The van der Waals surface area contributed by atoms with Crippen molar-refractivity contribution in [3.05, 3.63) is 5.21 Å². The summed E-state index contributed by atoms with van der Waals surface area (Å²) in [5.41, 5.74) is 0. The Kier molecular flexibility index (Phi) is 28.9. The Labute approximate surface area is 236 Å². The third kappa shape index (κ3) is 25.9. The van der Waals surface area contributed by atoms with Crippen molar-refractivity contribution in [1.29, 1.82) is 0 Å². The van der Waals surface area contributed by atoms with Crippen molar-refractivity contribution < 1.29 is 4.65 Å². The van der Waals surface area contributed by atoms with Crippen molar-refractivity contribution in [3.63, 3.8) is 0 Å². The normalized spacial score (nSPS) is 12.2. The third-order valence-electron chi connectivity index (χ3n) is 8.72. The highest BCUT2D eigenvalue weighted by Gasteiger charge is 2.20. The fourth-order valence-corrected chi connectivity index (χ4v) is 5.78. The van der Waals surface area contributed by atoms with Gasteiger partial charge >= 0.3 is 0 Å². The first-order valence-corrected chi connectivity index (χ1v) is 17.6.